The normalized spacial score (nSPS) is 10.4. The van der Waals surface area contributed by atoms with E-state index in [9.17, 15) is 4.79 Å². The lowest BCUT2D eigenvalue weighted by molar-refractivity contribution is 0.112. The van der Waals surface area contributed by atoms with Crippen molar-refractivity contribution in [2.24, 2.45) is 0 Å². The van der Waals surface area contributed by atoms with Crippen LogP contribution in [0.5, 0.6) is 0 Å². The zero-order valence-electron chi connectivity index (χ0n) is 6.69. The third-order valence-corrected chi connectivity index (χ3v) is 1.78. The fraction of sp³-hybridized carbons (Fsp3) is 0.111. The van der Waals surface area contributed by atoms with Crippen molar-refractivity contribution >= 4 is 11.9 Å². The summed E-state index contributed by atoms with van der Waals surface area (Å²) in [5.41, 5.74) is 2.42. The van der Waals surface area contributed by atoms with Gasteiger partial charge in [-0.3, -0.25) is 4.79 Å². The Morgan fingerprint density at radius 2 is 2.42 bits per heavy atom. The second-order valence-electron chi connectivity index (χ2n) is 2.75. The SMILES string of the molecule is Cc1cc(C=O)c2nccn2c1. The summed E-state index contributed by atoms with van der Waals surface area (Å²) >= 11 is 0. The van der Waals surface area contributed by atoms with E-state index in [4.69, 9.17) is 0 Å². The maximum Gasteiger partial charge on any atom is 0.153 e. The molecule has 0 aliphatic rings. The minimum atomic E-state index is 0.639. The van der Waals surface area contributed by atoms with Gasteiger partial charge in [-0.05, 0) is 18.6 Å². The molecule has 2 aromatic heterocycles. The highest BCUT2D eigenvalue weighted by molar-refractivity contribution is 5.84. The van der Waals surface area contributed by atoms with Crippen LogP contribution >= 0.6 is 0 Å². The van der Waals surface area contributed by atoms with Gasteiger partial charge < -0.3 is 4.40 Å². The van der Waals surface area contributed by atoms with E-state index in [1.165, 1.54) is 0 Å². The van der Waals surface area contributed by atoms with Crippen molar-refractivity contribution in [3.8, 4) is 0 Å². The van der Waals surface area contributed by atoms with Crippen molar-refractivity contribution in [2.45, 2.75) is 6.92 Å². The minimum Gasteiger partial charge on any atom is -0.306 e. The van der Waals surface area contributed by atoms with Crippen LogP contribution < -0.4 is 0 Å². The van der Waals surface area contributed by atoms with Crippen LogP contribution in [0.2, 0.25) is 0 Å². The van der Waals surface area contributed by atoms with Crippen molar-refractivity contribution in [1.82, 2.24) is 9.38 Å². The van der Waals surface area contributed by atoms with Crippen molar-refractivity contribution in [1.29, 1.82) is 0 Å². The van der Waals surface area contributed by atoms with Crippen molar-refractivity contribution in [2.75, 3.05) is 0 Å². The van der Waals surface area contributed by atoms with E-state index in [1.54, 1.807) is 6.20 Å². The summed E-state index contributed by atoms with van der Waals surface area (Å²) in [5.74, 6) is 0. The molecular formula is C9H8N2O. The van der Waals surface area contributed by atoms with E-state index < -0.39 is 0 Å². The Labute approximate surface area is 69.7 Å². The summed E-state index contributed by atoms with van der Waals surface area (Å²) in [6.45, 7) is 1.95. The van der Waals surface area contributed by atoms with Gasteiger partial charge >= 0.3 is 0 Å². The molecule has 3 nitrogen and oxygen atoms in total. The van der Waals surface area contributed by atoms with Crippen LogP contribution in [0, 0.1) is 6.92 Å². The number of hydrogen-bond acceptors (Lipinski definition) is 2. The number of nitrogens with zero attached hydrogens (tertiary/aromatic N) is 2. The Kier molecular flexibility index (Phi) is 1.43. The van der Waals surface area contributed by atoms with E-state index >= 15 is 0 Å². The molecule has 12 heavy (non-hydrogen) atoms. The lowest BCUT2D eigenvalue weighted by Crippen LogP contribution is -1.91. The predicted octanol–water partition coefficient (Wildman–Crippen LogP) is 1.46. The molecule has 60 valence electrons. The van der Waals surface area contributed by atoms with Crippen LogP contribution in [0.15, 0.2) is 24.7 Å². The average molecular weight is 160 g/mol. The molecule has 0 atom stereocenters. The number of aryl methyl sites for hydroxylation is 1. The number of rotatable bonds is 1. The lowest BCUT2D eigenvalue weighted by atomic mass is 10.2. The number of aromatic nitrogens is 2. The van der Waals surface area contributed by atoms with E-state index in [1.807, 2.05) is 29.8 Å². The molecule has 0 N–H and O–H groups in total. The summed E-state index contributed by atoms with van der Waals surface area (Å²) in [4.78, 5) is 14.7. The highest BCUT2D eigenvalue weighted by Gasteiger charge is 2.01. The molecule has 2 rings (SSSR count). The molecule has 0 saturated carbocycles. The monoisotopic (exact) mass is 160 g/mol. The van der Waals surface area contributed by atoms with Gasteiger partial charge in [0, 0.05) is 18.6 Å². The second-order valence-corrected chi connectivity index (χ2v) is 2.75. The highest BCUT2D eigenvalue weighted by Crippen LogP contribution is 2.08. The number of hydrogen-bond donors (Lipinski definition) is 0. The Morgan fingerprint density at radius 1 is 1.58 bits per heavy atom. The van der Waals surface area contributed by atoms with E-state index in [-0.39, 0.29) is 0 Å². The highest BCUT2D eigenvalue weighted by atomic mass is 16.1. The van der Waals surface area contributed by atoms with Gasteiger partial charge in [-0.15, -0.1) is 0 Å². The first kappa shape index (κ1) is 7.03. The number of pyridine rings is 1. The minimum absolute atomic E-state index is 0.639. The Balaban J connectivity index is 2.88. The molecule has 0 aliphatic carbocycles. The smallest absolute Gasteiger partial charge is 0.153 e. The van der Waals surface area contributed by atoms with Crippen molar-refractivity contribution < 1.29 is 4.79 Å². The van der Waals surface area contributed by atoms with Crippen LogP contribution in [-0.4, -0.2) is 15.7 Å². The Morgan fingerprint density at radius 3 is 3.17 bits per heavy atom. The van der Waals surface area contributed by atoms with Crippen LogP contribution in [0.3, 0.4) is 0 Å². The fourth-order valence-electron chi connectivity index (χ4n) is 1.29. The van der Waals surface area contributed by atoms with Gasteiger partial charge in [-0.1, -0.05) is 0 Å². The molecular weight excluding hydrogens is 152 g/mol. The van der Waals surface area contributed by atoms with Gasteiger partial charge in [0.15, 0.2) is 6.29 Å². The summed E-state index contributed by atoms with van der Waals surface area (Å²) < 4.78 is 1.85. The topological polar surface area (TPSA) is 34.4 Å². The summed E-state index contributed by atoms with van der Waals surface area (Å²) in [7, 11) is 0. The molecule has 0 bridgehead atoms. The zero-order valence-corrected chi connectivity index (χ0v) is 6.69. The second kappa shape index (κ2) is 2.44. The predicted molar refractivity (Wildman–Crippen MR) is 45.3 cm³/mol. The molecule has 0 aliphatic heterocycles. The van der Waals surface area contributed by atoms with Crippen LogP contribution in [0.1, 0.15) is 15.9 Å². The van der Waals surface area contributed by atoms with E-state index in [0.717, 1.165) is 17.5 Å². The zero-order chi connectivity index (χ0) is 8.55. The number of imidazole rings is 1. The molecule has 0 radical (unpaired) electrons. The third-order valence-electron chi connectivity index (χ3n) is 1.78. The first-order valence-electron chi connectivity index (χ1n) is 3.70. The first-order chi connectivity index (χ1) is 5.81. The van der Waals surface area contributed by atoms with Gasteiger partial charge in [-0.2, -0.15) is 0 Å². The largest absolute Gasteiger partial charge is 0.306 e. The molecule has 0 spiro atoms. The van der Waals surface area contributed by atoms with E-state index in [2.05, 4.69) is 4.98 Å². The summed E-state index contributed by atoms with van der Waals surface area (Å²) in [5, 5.41) is 0. The maximum absolute atomic E-state index is 10.6. The lowest BCUT2D eigenvalue weighted by Gasteiger charge is -1.98. The van der Waals surface area contributed by atoms with Crippen LogP contribution in [-0.2, 0) is 0 Å². The van der Waals surface area contributed by atoms with E-state index in [0.29, 0.717) is 5.56 Å². The molecule has 0 aromatic carbocycles. The molecule has 3 heteroatoms. The number of fused-ring (bicyclic) bond motifs is 1. The maximum atomic E-state index is 10.6. The Bertz CT molecular complexity index is 431. The first-order valence-corrected chi connectivity index (χ1v) is 3.70. The quantitative estimate of drug-likeness (QED) is 0.592. The summed E-state index contributed by atoms with van der Waals surface area (Å²) in [6.07, 6.45) is 6.28. The molecule has 2 heterocycles. The van der Waals surface area contributed by atoms with Crippen molar-refractivity contribution in [3.05, 3.63) is 35.8 Å². The molecule has 0 fully saturated rings. The molecule has 0 unspecified atom stereocenters. The molecule has 0 saturated heterocycles. The van der Waals surface area contributed by atoms with Gasteiger partial charge in [-0.25, -0.2) is 4.98 Å². The molecule has 2 aromatic rings. The third kappa shape index (κ3) is 0.906. The van der Waals surface area contributed by atoms with Gasteiger partial charge in [0.05, 0.1) is 5.56 Å². The number of aldehydes is 1. The Hall–Kier alpha value is -1.64. The fourth-order valence-corrected chi connectivity index (χ4v) is 1.29. The summed E-state index contributed by atoms with van der Waals surface area (Å²) in [6, 6.07) is 1.83. The number of carbonyl (C=O) groups is 1. The standard InChI is InChI=1S/C9H8N2O/c1-7-4-8(6-12)9-10-2-3-11(9)5-7/h2-6H,1H3. The molecule has 0 amide bonds. The number of carbonyl (C=O) groups excluding carboxylic acids is 1. The average Bonchev–Trinajstić information content (AvgIpc) is 2.50. The van der Waals surface area contributed by atoms with Gasteiger partial charge in [0.25, 0.3) is 0 Å². The van der Waals surface area contributed by atoms with Gasteiger partial charge in [0.2, 0.25) is 0 Å². The van der Waals surface area contributed by atoms with Gasteiger partial charge in [0.1, 0.15) is 5.65 Å². The van der Waals surface area contributed by atoms with Crippen LogP contribution in [0.25, 0.3) is 5.65 Å². The van der Waals surface area contributed by atoms with Crippen molar-refractivity contribution in [3.63, 3.8) is 0 Å². The van der Waals surface area contributed by atoms with Crippen LogP contribution in [0.4, 0.5) is 0 Å².